The molecule has 0 saturated carbocycles. The molecule has 1 aromatic rings. The summed E-state index contributed by atoms with van der Waals surface area (Å²) >= 11 is 0. The highest BCUT2D eigenvalue weighted by molar-refractivity contribution is 6.05. The van der Waals surface area contributed by atoms with Crippen LogP contribution in [0.1, 0.15) is 227 Å². The Kier molecular flexibility index (Phi) is 17.1. The fourth-order valence-corrected chi connectivity index (χ4v) is 14.0. The largest absolute Gasteiger partial charge is 0.507 e. The molecule has 0 radical (unpaired) electrons. The molecule has 0 bridgehead atoms. The average molecular weight is 1050 g/mol. The van der Waals surface area contributed by atoms with Gasteiger partial charge in [-0.15, -0.1) is 0 Å². The van der Waals surface area contributed by atoms with Crippen LogP contribution in [0.2, 0.25) is 0 Å². The maximum Gasteiger partial charge on any atom is 0.325 e. The van der Waals surface area contributed by atoms with Gasteiger partial charge >= 0.3 is 23.9 Å². The number of phenols is 1. The monoisotopic (exact) mass is 1050 g/mol. The van der Waals surface area contributed by atoms with E-state index in [4.69, 9.17) is 18.9 Å². The van der Waals surface area contributed by atoms with Crippen molar-refractivity contribution < 1.29 is 43.2 Å². The molecule has 1 N–H and O–H groups in total. The van der Waals surface area contributed by atoms with Gasteiger partial charge in [-0.1, -0.05) is 53.7 Å². The summed E-state index contributed by atoms with van der Waals surface area (Å²) in [6.45, 7) is 46.0. The van der Waals surface area contributed by atoms with Gasteiger partial charge < -0.3 is 24.1 Å². The van der Waals surface area contributed by atoms with Crippen LogP contribution in [0.5, 0.6) is 5.75 Å². The molecular weight excluding hydrogens is 945 g/mol. The SMILES string of the molecule is CN1C(C)(C)CC(OC(=O)CC(C(=O)OC2CC(C)(C)N(C)C(C)(C)C2)C(Cc2cc(C(C)(C)C)c(O)c(C(C)(C)C)c2)(C(=O)OC2CC(C)(C)N(C)C(C)(C)C2)C(=O)OC2CC(C)(C)N(C)C(C)(C)C2)CC1(C)C. The number of nitrogens with zero attached hydrogens (tertiary/aromatic N) is 4. The second kappa shape index (κ2) is 20.4. The van der Waals surface area contributed by atoms with E-state index in [0.29, 0.717) is 68.1 Å². The van der Waals surface area contributed by atoms with Gasteiger partial charge in [-0.05, 0) is 166 Å². The van der Waals surface area contributed by atoms with Crippen molar-refractivity contribution in [3.05, 3.63) is 28.8 Å². The molecule has 5 rings (SSSR count). The number of likely N-dealkylation sites (tertiary alicyclic amines) is 4. The lowest BCUT2D eigenvalue weighted by atomic mass is 9.67. The number of aromatic hydroxyl groups is 1. The van der Waals surface area contributed by atoms with E-state index in [1.165, 1.54) is 0 Å². The third-order valence-corrected chi connectivity index (χ3v) is 19.5. The Balaban J connectivity index is 1.85. The van der Waals surface area contributed by atoms with E-state index in [-0.39, 0.29) is 23.2 Å². The molecule has 75 heavy (non-hydrogen) atoms. The van der Waals surface area contributed by atoms with E-state index >= 15 is 19.2 Å². The van der Waals surface area contributed by atoms with Gasteiger partial charge in [-0.2, -0.15) is 0 Å². The van der Waals surface area contributed by atoms with E-state index in [1.807, 2.05) is 53.7 Å². The van der Waals surface area contributed by atoms with Gasteiger partial charge in [0.2, 0.25) is 0 Å². The third-order valence-electron chi connectivity index (χ3n) is 19.5. The number of rotatable bonds is 12. The van der Waals surface area contributed by atoms with Gasteiger partial charge in [0, 0.05) is 102 Å². The zero-order chi connectivity index (χ0) is 57.6. The lowest BCUT2D eigenvalue weighted by molar-refractivity contribution is -0.200. The molecule has 4 fully saturated rings. The Labute approximate surface area is 455 Å². The first-order valence-corrected chi connectivity index (χ1v) is 28.2. The number of hydrogen-bond acceptors (Lipinski definition) is 13. The molecule has 0 amide bonds. The number of benzene rings is 1. The summed E-state index contributed by atoms with van der Waals surface area (Å²) in [4.78, 5) is 73.6. The molecule has 4 heterocycles. The van der Waals surface area contributed by atoms with Crippen molar-refractivity contribution in [1.82, 2.24) is 19.6 Å². The van der Waals surface area contributed by atoms with Gasteiger partial charge in [0.05, 0.1) is 12.3 Å². The van der Waals surface area contributed by atoms with Crippen LogP contribution in [0.25, 0.3) is 0 Å². The molecule has 13 heteroatoms. The summed E-state index contributed by atoms with van der Waals surface area (Å²) in [6, 6.07) is 3.68. The predicted molar refractivity (Wildman–Crippen MR) is 300 cm³/mol. The van der Waals surface area contributed by atoms with Crippen LogP contribution in [0.3, 0.4) is 0 Å². The Morgan fingerprint density at radius 3 is 1.00 bits per heavy atom. The quantitative estimate of drug-likeness (QED) is 0.121. The highest BCUT2D eigenvalue weighted by Gasteiger charge is 2.62. The Morgan fingerprint density at radius 1 is 0.480 bits per heavy atom. The normalized spacial score (nSPS) is 25.3. The molecular formula is C62H106N4O9. The lowest BCUT2D eigenvalue weighted by Gasteiger charge is -2.54. The highest BCUT2D eigenvalue weighted by atomic mass is 16.6. The highest BCUT2D eigenvalue weighted by Crippen LogP contribution is 2.49. The molecule has 4 aliphatic rings. The predicted octanol–water partition coefficient (Wildman–Crippen LogP) is 11.3. The van der Waals surface area contributed by atoms with Crippen molar-refractivity contribution >= 4 is 23.9 Å². The first-order chi connectivity index (χ1) is 33.5. The van der Waals surface area contributed by atoms with Crippen LogP contribution in [0.4, 0.5) is 0 Å². The summed E-state index contributed by atoms with van der Waals surface area (Å²) in [5.41, 5.74) is -5.11. The molecule has 0 spiro atoms. The summed E-state index contributed by atoms with van der Waals surface area (Å²) < 4.78 is 27.0. The van der Waals surface area contributed by atoms with Gasteiger partial charge in [0.25, 0.3) is 0 Å². The van der Waals surface area contributed by atoms with E-state index in [2.05, 4.69) is 159 Å². The molecule has 1 aromatic carbocycles. The zero-order valence-electron chi connectivity index (χ0n) is 52.1. The number of phenolic OH excluding ortho intramolecular Hbond substituents is 1. The topological polar surface area (TPSA) is 138 Å². The van der Waals surface area contributed by atoms with Crippen molar-refractivity contribution in [3.8, 4) is 5.75 Å². The van der Waals surface area contributed by atoms with Gasteiger partial charge in [0.15, 0.2) is 5.41 Å². The van der Waals surface area contributed by atoms with E-state index in [9.17, 15) is 5.11 Å². The summed E-state index contributed by atoms with van der Waals surface area (Å²) in [7, 11) is 8.31. The van der Waals surface area contributed by atoms with Crippen LogP contribution in [0.15, 0.2) is 12.1 Å². The Morgan fingerprint density at radius 2 is 0.733 bits per heavy atom. The average Bonchev–Trinajstić information content (AvgIpc) is 3.20. The standard InChI is InChI=1S/C62H106N4O9/c1-52(2,3)44-27-39(28-45(48(44)68)53(4,5)6)30-62(50(70)74-42-35-58(15,16)65(25)59(17,18)36-42,51(71)75-43-37-60(19,20)66(26)61(21,22)38-43)46(49(69)73-41-33-56(11,12)64(24)57(13,14)34-41)29-47(67)72-40-31-54(7,8)63(23)55(9,10)32-40/h27-28,40-43,46,68H,29-38H2,1-26H3. The minimum absolute atomic E-state index is 0.122. The summed E-state index contributed by atoms with van der Waals surface area (Å²) in [5, 5.41) is 12.1. The molecule has 4 aliphatic heterocycles. The third kappa shape index (κ3) is 13.1. The van der Waals surface area contributed by atoms with Crippen molar-refractivity contribution in [2.45, 2.75) is 296 Å². The second-order valence-corrected chi connectivity index (χ2v) is 31.0. The fourth-order valence-electron chi connectivity index (χ4n) is 14.0. The van der Waals surface area contributed by atoms with E-state index in [1.54, 1.807) is 0 Å². The lowest BCUT2D eigenvalue weighted by Crippen LogP contribution is -2.63. The Hall–Kier alpha value is -3.26. The van der Waals surface area contributed by atoms with Crippen LogP contribution in [-0.4, -0.2) is 146 Å². The minimum atomic E-state index is -2.49. The molecule has 13 nitrogen and oxygen atoms in total. The number of esters is 4. The molecule has 0 aliphatic carbocycles. The molecule has 1 unspecified atom stereocenters. The van der Waals surface area contributed by atoms with Crippen molar-refractivity contribution in [3.63, 3.8) is 0 Å². The Bertz CT molecular complexity index is 2130. The number of hydrogen-bond donors (Lipinski definition) is 1. The fraction of sp³-hybridized carbons (Fsp3) is 0.839. The minimum Gasteiger partial charge on any atom is -0.507 e. The zero-order valence-corrected chi connectivity index (χ0v) is 52.1. The number of carbonyl (C=O) groups excluding carboxylic acids is 4. The van der Waals surface area contributed by atoms with Crippen molar-refractivity contribution in [1.29, 1.82) is 0 Å². The maximum absolute atomic E-state index is 16.6. The van der Waals surface area contributed by atoms with Crippen LogP contribution in [-0.2, 0) is 55.4 Å². The van der Waals surface area contributed by atoms with E-state index in [0.717, 1.165) is 0 Å². The van der Waals surface area contributed by atoms with Crippen LogP contribution in [0, 0.1) is 11.3 Å². The number of piperidine rings is 4. The second-order valence-electron chi connectivity index (χ2n) is 31.0. The van der Waals surface area contributed by atoms with Gasteiger partial charge in [-0.25, -0.2) is 0 Å². The van der Waals surface area contributed by atoms with Gasteiger partial charge in [-0.3, -0.25) is 38.8 Å². The smallest absolute Gasteiger partial charge is 0.325 e. The molecule has 0 aromatic heterocycles. The van der Waals surface area contributed by atoms with Crippen LogP contribution >= 0.6 is 0 Å². The van der Waals surface area contributed by atoms with Crippen LogP contribution < -0.4 is 0 Å². The first-order valence-electron chi connectivity index (χ1n) is 28.2. The summed E-state index contributed by atoms with van der Waals surface area (Å²) in [5.74, 6) is -5.09. The molecule has 428 valence electrons. The number of ether oxygens (including phenoxy) is 4. The molecule has 1 atom stereocenters. The summed E-state index contributed by atoms with van der Waals surface area (Å²) in [6.07, 6.45) is 0.250. The van der Waals surface area contributed by atoms with E-state index < -0.39 is 110 Å². The molecule has 4 saturated heterocycles. The van der Waals surface area contributed by atoms with Gasteiger partial charge in [0.1, 0.15) is 30.2 Å². The maximum atomic E-state index is 16.6. The first kappa shape index (κ1) is 62.6. The number of carbonyl (C=O) groups is 4. The van der Waals surface area contributed by atoms with Crippen molar-refractivity contribution in [2.24, 2.45) is 11.3 Å². The van der Waals surface area contributed by atoms with Crippen molar-refractivity contribution in [2.75, 3.05) is 28.2 Å².